The van der Waals surface area contributed by atoms with Crippen molar-refractivity contribution in [3.05, 3.63) is 173 Å². The van der Waals surface area contributed by atoms with Crippen LogP contribution in [-0.2, 0) is 10.8 Å². The van der Waals surface area contributed by atoms with Gasteiger partial charge in [0.2, 0.25) is 0 Å². The molecule has 0 radical (unpaired) electrons. The molecule has 0 amide bonds. The monoisotopic (exact) mass is 695 g/mol. The Morgan fingerprint density at radius 1 is 0.463 bits per heavy atom. The van der Waals surface area contributed by atoms with E-state index in [0.29, 0.717) is 0 Å². The van der Waals surface area contributed by atoms with Crippen molar-refractivity contribution in [2.45, 2.75) is 52.4 Å². The summed E-state index contributed by atoms with van der Waals surface area (Å²) in [4.78, 5) is 2.40. The second kappa shape index (κ2) is 10.7. The molecule has 0 N–H and O–H groups in total. The molecule has 0 aliphatic heterocycles. The summed E-state index contributed by atoms with van der Waals surface area (Å²) in [7, 11) is 0. The smallest absolute Gasteiger partial charge is 0.159 e. The fourth-order valence-corrected chi connectivity index (χ4v) is 10.1. The lowest BCUT2D eigenvalue weighted by Gasteiger charge is -2.28. The summed E-state index contributed by atoms with van der Waals surface area (Å²) in [6, 6.07) is 52.0. The lowest BCUT2D eigenvalue weighted by molar-refractivity contribution is 0.657. The van der Waals surface area contributed by atoms with Crippen molar-refractivity contribution in [1.82, 2.24) is 0 Å². The van der Waals surface area contributed by atoms with E-state index in [1.807, 2.05) is 6.07 Å². The average molecular weight is 696 g/mol. The van der Waals surface area contributed by atoms with Gasteiger partial charge in [-0.15, -0.1) is 0 Å². The van der Waals surface area contributed by atoms with Gasteiger partial charge < -0.3 is 9.32 Å². The van der Waals surface area contributed by atoms with Gasteiger partial charge in [-0.3, -0.25) is 0 Å². The molecule has 0 spiro atoms. The van der Waals surface area contributed by atoms with Crippen LogP contribution in [-0.4, -0.2) is 0 Å². The first-order valence-corrected chi connectivity index (χ1v) is 19.2. The zero-order valence-corrected chi connectivity index (χ0v) is 31.6. The minimum Gasteiger partial charge on any atom is -0.454 e. The van der Waals surface area contributed by atoms with Crippen molar-refractivity contribution in [3.8, 4) is 22.3 Å². The molecule has 54 heavy (non-hydrogen) atoms. The van der Waals surface area contributed by atoms with Crippen molar-refractivity contribution in [2.75, 3.05) is 4.90 Å². The number of anilines is 3. The van der Waals surface area contributed by atoms with Gasteiger partial charge in [-0.25, -0.2) is 0 Å². The van der Waals surface area contributed by atoms with E-state index in [1.54, 1.807) is 0 Å². The zero-order valence-electron chi connectivity index (χ0n) is 31.6. The first-order valence-electron chi connectivity index (χ1n) is 19.2. The summed E-state index contributed by atoms with van der Waals surface area (Å²) < 4.78 is 6.64. The van der Waals surface area contributed by atoms with Gasteiger partial charge in [-0.2, -0.15) is 0 Å². The van der Waals surface area contributed by atoms with Gasteiger partial charge in [0.15, 0.2) is 5.58 Å². The van der Waals surface area contributed by atoms with E-state index in [9.17, 15) is 0 Å². The van der Waals surface area contributed by atoms with Gasteiger partial charge in [0.05, 0.1) is 5.69 Å². The maximum absolute atomic E-state index is 6.64. The molecule has 0 atom stereocenters. The molecule has 1 aromatic heterocycles. The van der Waals surface area contributed by atoms with E-state index >= 15 is 0 Å². The van der Waals surface area contributed by atoms with E-state index in [-0.39, 0.29) is 10.8 Å². The zero-order chi connectivity index (χ0) is 36.7. The van der Waals surface area contributed by atoms with Crippen molar-refractivity contribution < 1.29 is 4.42 Å². The summed E-state index contributed by atoms with van der Waals surface area (Å²) in [5.41, 5.74) is 18.5. The molecule has 0 unspecified atom stereocenters. The molecule has 260 valence electrons. The summed E-state index contributed by atoms with van der Waals surface area (Å²) >= 11 is 0. The SMILES string of the molecule is Cc1ccc(C)c(N(c2ccc3c4c(ccc3c2)-c2cc3c(cc2C4(C)C)-c2ccc4ccccc4c2C3(C)C)c2cccc3c2oc2ccccc23)c1. The maximum Gasteiger partial charge on any atom is 0.159 e. The Morgan fingerprint density at radius 3 is 1.83 bits per heavy atom. The molecule has 9 aromatic rings. The van der Waals surface area contributed by atoms with Gasteiger partial charge in [-0.1, -0.05) is 125 Å². The Morgan fingerprint density at radius 2 is 1.09 bits per heavy atom. The molecule has 0 bridgehead atoms. The van der Waals surface area contributed by atoms with Crippen LogP contribution >= 0.6 is 0 Å². The second-order valence-electron chi connectivity index (χ2n) is 16.7. The molecule has 1 heterocycles. The van der Waals surface area contributed by atoms with Gasteiger partial charge in [-0.05, 0) is 133 Å². The minimum absolute atomic E-state index is 0.0979. The highest BCUT2D eigenvalue weighted by molar-refractivity contribution is 6.11. The Balaban J connectivity index is 1.09. The van der Waals surface area contributed by atoms with Crippen LogP contribution in [0.15, 0.2) is 144 Å². The quantitative estimate of drug-likeness (QED) is 0.183. The minimum atomic E-state index is -0.169. The number of furan rings is 1. The Bertz CT molecular complexity index is 3080. The molecule has 0 fully saturated rings. The van der Waals surface area contributed by atoms with Crippen LogP contribution in [0.2, 0.25) is 0 Å². The molecule has 2 aliphatic rings. The predicted molar refractivity (Wildman–Crippen MR) is 228 cm³/mol. The number of fused-ring (bicyclic) bond motifs is 13. The van der Waals surface area contributed by atoms with E-state index < -0.39 is 0 Å². The first-order chi connectivity index (χ1) is 26.1. The second-order valence-corrected chi connectivity index (χ2v) is 16.7. The highest BCUT2D eigenvalue weighted by Gasteiger charge is 2.43. The Hall–Kier alpha value is -6.12. The molecule has 0 saturated heterocycles. The van der Waals surface area contributed by atoms with Gasteiger partial charge in [0.25, 0.3) is 0 Å². The lowest BCUT2D eigenvalue weighted by atomic mass is 9.78. The van der Waals surface area contributed by atoms with Crippen LogP contribution in [0.3, 0.4) is 0 Å². The van der Waals surface area contributed by atoms with E-state index in [4.69, 9.17) is 4.42 Å². The highest BCUT2D eigenvalue weighted by Crippen LogP contribution is 2.58. The molecule has 2 nitrogen and oxygen atoms in total. The van der Waals surface area contributed by atoms with E-state index in [0.717, 1.165) is 39.0 Å². The third kappa shape index (κ3) is 4.11. The van der Waals surface area contributed by atoms with Crippen molar-refractivity contribution in [3.63, 3.8) is 0 Å². The third-order valence-electron chi connectivity index (χ3n) is 12.8. The number of aryl methyl sites for hydroxylation is 2. The molecular formula is C52H41NO. The topological polar surface area (TPSA) is 16.4 Å². The van der Waals surface area contributed by atoms with Gasteiger partial charge in [0, 0.05) is 33.0 Å². The number of rotatable bonds is 3. The van der Waals surface area contributed by atoms with Crippen LogP contribution in [0.4, 0.5) is 17.1 Å². The normalized spacial score (nSPS) is 14.8. The maximum atomic E-state index is 6.64. The number of hydrogen-bond donors (Lipinski definition) is 0. The van der Waals surface area contributed by atoms with Gasteiger partial charge in [0.1, 0.15) is 5.58 Å². The fourth-order valence-electron chi connectivity index (χ4n) is 10.1. The molecule has 2 heteroatoms. The van der Waals surface area contributed by atoms with Crippen LogP contribution in [0.25, 0.3) is 65.7 Å². The molecule has 2 aliphatic carbocycles. The summed E-state index contributed by atoms with van der Waals surface area (Å²) in [5, 5.41) is 7.49. The number of benzene rings is 8. The van der Waals surface area contributed by atoms with E-state index in [1.165, 1.54) is 77.2 Å². The average Bonchev–Trinajstić information content (AvgIpc) is 3.75. The molecule has 11 rings (SSSR count). The number of nitrogens with zero attached hydrogens (tertiary/aromatic N) is 1. The largest absolute Gasteiger partial charge is 0.454 e. The first kappa shape index (κ1) is 31.4. The number of hydrogen-bond acceptors (Lipinski definition) is 2. The number of para-hydroxylation sites is 2. The standard InChI is InChI=1S/C52H41NO/c1-30-18-19-31(2)46(26-30)53(45-16-11-15-40-37-14-9-10-17-47(37)54-50(40)45)34-22-25-36-33(27-34)21-24-39-42-29-43-41(28-44(42)52(5,6)49(36)39)38-23-20-32-12-7-8-13-35(32)48(38)51(43,3)4/h7-29H,1-6H3. The Kier molecular flexibility index (Phi) is 6.24. The van der Waals surface area contributed by atoms with Crippen LogP contribution in [0.5, 0.6) is 0 Å². The van der Waals surface area contributed by atoms with E-state index in [2.05, 4.69) is 180 Å². The van der Waals surface area contributed by atoms with Gasteiger partial charge >= 0.3 is 0 Å². The molecule has 0 saturated carbocycles. The van der Waals surface area contributed by atoms with Crippen LogP contribution in [0.1, 0.15) is 61.1 Å². The molecule has 8 aromatic carbocycles. The Labute approximate surface area is 316 Å². The highest BCUT2D eigenvalue weighted by atomic mass is 16.3. The fraction of sp³-hybridized carbons (Fsp3) is 0.154. The third-order valence-corrected chi connectivity index (χ3v) is 12.8. The van der Waals surface area contributed by atoms with Crippen LogP contribution < -0.4 is 4.90 Å². The summed E-state index contributed by atoms with van der Waals surface area (Å²) in [6.45, 7) is 14.0. The lowest BCUT2D eigenvalue weighted by Crippen LogP contribution is -2.17. The van der Waals surface area contributed by atoms with Crippen LogP contribution in [0, 0.1) is 13.8 Å². The summed E-state index contributed by atoms with van der Waals surface area (Å²) in [5.74, 6) is 0. The van der Waals surface area contributed by atoms with Crippen molar-refractivity contribution >= 4 is 60.5 Å². The van der Waals surface area contributed by atoms with Crippen molar-refractivity contribution in [1.29, 1.82) is 0 Å². The van der Waals surface area contributed by atoms with Crippen molar-refractivity contribution in [2.24, 2.45) is 0 Å². The predicted octanol–water partition coefficient (Wildman–Crippen LogP) is 14.6. The summed E-state index contributed by atoms with van der Waals surface area (Å²) in [6.07, 6.45) is 0. The molecular weight excluding hydrogens is 655 g/mol.